The van der Waals surface area contributed by atoms with E-state index in [4.69, 9.17) is 9.47 Å². The maximum absolute atomic E-state index is 12.6. The Morgan fingerprint density at radius 2 is 1.60 bits per heavy atom. The minimum Gasteiger partial charge on any atom is -0.467 e. The van der Waals surface area contributed by atoms with Gasteiger partial charge in [0, 0.05) is 19.1 Å². The lowest BCUT2D eigenvalue weighted by molar-refractivity contribution is -0.149. The molecular weight excluding hydrogens is 316 g/mol. The van der Waals surface area contributed by atoms with E-state index in [1.54, 1.807) is 18.2 Å². The van der Waals surface area contributed by atoms with Crippen LogP contribution in [0.2, 0.25) is 0 Å². The highest BCUT2D eigenvalue weighted by Gasteiger charge is 2.19. The molecule has 130 valence electrons. The summed E-state index contributed by atoms with van der Waals surface area (Å²) in [5.74, 6) is -0.522. The van der Waals surface area contributed by atoms with E-state index in [-0.39, 0.29) is 12.2 Å². The third kappa shape index (κ3) is 5.13. The second kappa shape index (κ2) is 8.94. The van der Waals surface area contributed by atoms with Gasteiger partial charge in [-0.15, -0.1) is 0 Å². The first-order chi connectivity index (χ1) is 12.0. The quantitative estimate of drug-likeness (QED) is 0.568. The van der Waals surface area contributed by atoms with E-state index in [0.717, 1.165) is 16.7 Å². The summed E-state index contributed by atoms with van der Waals surface area (Å²) >= 11 is 0. The van der Waals surface area contributed by atoms with Gasteiger partial charge in [-0.1, -0.05) is 60.2 Å². The number of esters is 1. The first kappa shape index (κ1) is 18.6. The van der Waals surface area contributed by atoms with Crippen molar-refractivity contribution in [2.75, 3.05) is 14.2 Å². The van der Waals surface area contributed by atoms with Crippen LogP contribution in [-0.4, -0.2) is 32.1 Å². The first-order valence-corrected chi connectivity index (χ1v) is 8.01. The lowest BCUT2D eigenvalue weighted by Gasteiger charge is -2.13. The van der Waals surface area contributed by atoms with Crippen LogP contribution in [0.25, 0.3) is 5.57 Å². The zero-order valence-electron chi connectivity index (χ0n) is 14.7. The minimum absolute atomic E-state index is 0.0212. The Balaban J connectivity index is 2.36. The van der Waals surface area contributed by atoms with E-state index in [0.29, 0.717) is 5.56 Å². The summed E-state index contributed by atoms with van der Waals surface area (Å²) in [6.45, 7) is 1.99. The monoisotopic (exact) mass is 338 g/mol. The molecule has 0 bridgehead atoms. The molecule has 0 aliphatic carbocycles. The molecule has 0 aromatic heterocycles. The summed E-state index contributed by atoms with van der Waals surface area (Å²) in [6, 6.07) is 16.9. The summed E-state index contributed by atoms with van der Waals surface area (Å²) in [5.41, 5.74) is 3.35. The SMILES string of the molecule is COC(=O)C(/C=C(\CC(=O)c1ccccc1)c1ccc(C)cc1)OC. The predicted molar refractivity (Wildman–Crippen MR) is 97.4 cm³/mol. The Hall–Kier alpha value is -2.72. The molecule has 0 saturated heterocycles. The van der Waals surface area contributed by atoms with Gasteiger partial charge in [-0.05, 0) is 24.1 Å². The zero-order chi connectivity index (χ0) is 18.2. The summed E-state index contributed by atoms with van der Waals surface area (Å²) in [5, 5.41) is 0. The number of ether oxygens (including phenoxy) is 2. The highest BCUT2D eigenvalue weighted by Crippen LogP contribution is 2.23. The molecule has 2 aromatic rings. The molecule has 1 unspecified atom stereocenters. The number of carbonyl (C=O) groups is 2. The van der Waals surface area contributed by atoms with Gasteiger partial charge in [0.05, 0.1) is 7.11 Å². The number of methoxy groups -OCH3 is 2. The molecule has 0 radical (unpaired) electrons. The van der Waals surface area contributed by atoms with Crippen molar-refractivity contribution in [3.8, 4) is 0 Å². The second-order valence-corrected chi connectivity index (χ2v) is 5.70. The lowest BCUT2D eigenvalue weighted by atomic mass is 9.95. The Morgan fingerprint density at radius 1 is 0.960 bits per heavy atom. The van der Waals surface area contributed by atoms with Crippen LogP contribution in [0.3, 0.4) is 0 Å². The van der Waals surface area contributed by atoms with E-state index in [2.05, 4.69) is 0 Å². The normalized spacial score (nSPS) is 12.5. The number of benzene rings is 2. The van der Waals surface area contributed by atoms with E-state index in [1.807, 2.05) is 49.4 Å². The largest absolute Gasteiger partial charge is 0.467 e. The number of rotatable bonds is 7. The molecule has 4 heteroatoms. The summed E-state index contributed by atoms with van der Waals surface area (Å²) < 4.78 is 9.96. The van der Waals surface area contributed by atoms with Crippen molar-refractivity contribution in [3.63, 3.8) is 0 Å². The molecule has 0 N–H and O–H groups in total. The molecule has 2 rings (SSSR count). The lowest BCUT2D eigenvalue weighted by Crippen LogP contribution is -2.22. The van der Waals surface area contributed by atoms with E-state index < -0.39 is 12.1 Å². The molecule has 0 aliphatic rings. The Bertz CT molecular complexity index is 745. The minimum atomic E-state index is -0.857. The highest BCUT2D eigenvalue weighted by molar-refractivity contribution is 6.02. The number of allylic oxidation sites excluding steroid dienone is 1. The van der Waals surface area contributed by atoms with Gasteiger partial charge in [0.15, 0.2) is 11.9 Å². The standard InChI is InChI=1S/C21H22O4/c1-15-9-11-16(12-10-15)18(14-20(24-2)21(23)25-3)13-19(22)17-7-5-4-6-8-17/h4-12,14,20H,13H2,1-3H3/b18-14+. The van der Waals surface area contributed by atoms with Gasteiger partial charge in [0.25, 0.3) is 0 Å². The number of ketones is 1. The van der Waals surface area contributed by atoms with Crippen molar-refractivity contribution in [3.05, 3.63) is 77.4 Å². The summed E-state index contributed by atoms with van der Waals surface area (Å²) in [7, 11) is 2.74. The van der Waals surface area contributed by atoms with Gasteiger partial charge in [0.1, 0.15) is 0 Å². The van der Waals surface area contributed by atoms with Crippen LogP contribution < -0.4 is 0 Å². The maximum atomic E-state index is 12.6. The molecule has 1 atom stereocenters. The Labute approximate surface area is 148 Å². The molecule has 25 heavy (non-hydrogen) atoms. The van der Waals surface area contributed by atoms with Crippen LogP contribution in [-0.2, 0) is 14.3 Å². The number of carbonyl (C=O) groups excluding carboxylic acids is 2. The van der Waals surface area contributed by atoms with Gasteiger partial charge in [0.2, 0.25) is 0 Å². The molecule has 2 aromatic carbocycles. The number of hydrogen-bond donors (Lipinski definition) is 0. The number of aryl methyl sites for hydroxylation is 1. The van der Waals surface area contributed by atoms with Gasteiger partial charge in [-0.2, -0.15) is 0 Å². The second-order valence-electron chi connectivity index (χ2n) is 5.70. The van der Waals surface area contributed by atoms with Gasteiger partial charge < -0.3 is 9.47 Å². The molecule has 0 fully saturated rings. The van der Waals surface area contributed by atoms with Crippen LogP contribution in [0.4, 0.5) is 0 Å². The fourth-order valence-electron chi connectivity index (χ4n) is 2.46. The first-order valence-electron chi connectivity index (χ1n) is 8.01. The molecule has 0 amide bonds. The molecule has 0 heterocycles. The van der Waals surface area contributed by atoms with Crippen LogP contribution in [0, 0.1) is 6.92 Å². The Morgan fingerprint density at radius 3 is 2.16 bits per heavy atom. The van der Waals surface area contributed by atoms with Gasteiger partial charge >= 0.3 is 5.97 Å². The van der Waals surface area contributed by atoms with Crippen LogP contribution in [0.5, 0.6) is 0 Å². The number of hydrogen-bond acceptors (Lipinski definition) is 4. The Kier molecular flexibility index (Phi) is 6.66. The zero-order valence-corrected chi connectivity index (χ0v) is 14.7. The van der Waals surface area contributed by atoms with Crippen molar-refractivity contribution >= 4 is 17.3 Å². The summed E-state index contributed by atoms with van der Waals surface area (Å²) in [6.07, 6.45) is 0.964. The molecular formula is C21H22O4. The van der Waals surface area contributed by atoms with Crippen LogP contribution in [0.1, 0.15) is 27.9 Å². The average molecular weight is 338 g/mol. The van der Waals surface area contributed by atoms with Gasteiger partial charge in [-0.3, -0.25) is 4.79 Å². The van der Waals surface area contributed by atoms with E-state index >= 15 is 0 Å². The smallest absolute Gasteiger partial charge is 0.339 e. The topological polar surface area (TPSA) is 52.6 Å². The fraction of sp³-hybridized carbons (Fsp3) is 0.238. The predicted octanol–water partition coefficient (Wildman–Crippen LogP) is 3.84. The molecule has 0 spiro atoms. The highest BCUT2D eigenvalue weighted by atomic mass is 16.6. The van der Waals surface area contributed by atoms with Gasteiger partial charge in [-0.25, -0.2) is 4.79 Å². The fourth-order valence-corrected chi connectivity index (χ4v) is 2.46. The van der Waals surface area contributed by atoms with Crippen molar-refractivity contribution in [2.45, 2.75) is 19.4 Å². The van der Waals surface area contributed by atoms with Crippen molar-refractivity contribution in [1.29, 1.82) is 0 Å². The number of Topliss-reactive ketones (excluding diaryl/α,β-unsaturated/α-hetero) is 1. The van der Waals surface area contributed by atoms with Crippen molar-refractivity contribution < 1.29 is 19.1 Å². The van der Waals surface area contributed by atoms with E-state index in [1.165, 1.54) is 14.2 Å². The van der Waals surface area contributed by atoms with E-state index in [9.17, 15) is 9.59 Å². The van der Waals surface area contributed by atoms with Crippen molar-refractivity contribution in [2.24, 2.45) is 0 Å². The summed E-state index contributed by atoms with van der Waals surface area (Å²) in [4.78, 5) is 24.4. The third-order valence-corrected chi connectivity index (χ3v) is 3.91. The third-order valence-electron chi connectivity index (χ3n) is 3.91. The van der Waals surface area contributed by atoms with Crippen LogP contribution in [0.15, 0.2) is 60.7 Å². The molecule has 4 nitrogen and oxygen atoms in total. The van der Waals surface area contributed by atoms with Crippen molar-refractivity contribution in [1.82, 2.24) is 0 Å². The van der Waals surface area contributed by atoms with Crippen LogP contribution >= 0.6 is 0 Å². The average Bonchev–Trinajstić information content (AvgIpc) is 2.65. The molecule has 0 saturated carbocycles. The molecule has 0 aliphatic heterocycles. The maximum Gasteiger partial charge on any atom is 0.339 e.